The molecule has 0 saturated carbocycles. The molecule has 0 rings (SSSR count). The highest BCUT2D eigenvalue weighted by atomic mass is 32.1. The molecule has 0 saturated heterocycles. The van der Waals surface area contributed by atoms with E-state index in [0.717, 1.165) is 0 Å². The Kier molecular flexibility index (Phi) is 12.5. The molecular formula is C14H26O9S2. The lowest BCUT2D eigenvalue weighted by Crippen LogP contribution is -2.45. The van der Waals surface area contributed by atoms with E-state index in [1.807, 2.05) is 0 Å². The number of ether oxygens (including phenoxy) is 3. The van der Waals surface area contributed by atoms with E-state index in [9.17, 15) is 30.0 Å². The molecule has 0 aromatic carbocycles. The van der Waals surface area contributed by atoms with Gasteiger partial charge in [0.15, 0.2) is 0 Å². The van der Waals surface area contributed by atoms with Crippen LogP contribution in [0, 0.1) is 10.8 Å². The molecule has 0 atom stereocenters. The maximum absolute atomic E-state index is 11.3. The highest BCUT2D eigenvalue weighted by Crippen LogP contribution is 2.22. The summed E-state index contributed by atoms with van der Waals surface area (Å²) in [5.74, 6) is -1.59. The lowest BCUT2D eigenvalue weighted by Gasteiger charge is -2.33. The highest BCUT2D eigenvalue weighted by Gasteiger charge is 2.36. The van der Waals surface area contributed by atoms with Crippen molar-refractivity contribution < 1.29 is 44.2 Å². The zero-order valence-corrected chi connectivity index (χ0v) is 15.6. The second-order valence-electron chi connectivity index (χ2n) is 5.76. The molecule has 25 heavy (non-hydrogen) atoms. The Morgan fingerprint density at radius 1 is 0.680 bits per heavy atom. The van der Waals surface area contributed by atoms with Crippen molar-refractivity contribution in [1.82, 2.24) is 0 Å². The van der Waals surface area contributed by atoms with Gasteiger partial charge in [-0.15, -0.1) is 0 Å². The van der Waals surface area contributed by atoms with E-state index in [1.54, 1.807) is 0 Å². The summed E-state index contributed by atoms with van der Waals surface area (Å²) in [6.45, 7) is -3.12. The fourth-order valence-electron chi connectivity index (χ4n) is 1.59. The first-order valence-corrected chi connectivity index (χ1v) is 8.67. The summed E-state index contributed by atoms with van der Waals surface area (Å²) < 4.78 is 15.3. The third-order valence-electron chi connectivity index (χ3n) is 3.50. The Morgan fingerprint density at radius 2 is 1.04 bits per heavy atom. The lowest BCUT2D eigenvalue weighted by molar-refractivity contribution is -0.160. The van der Waals surface area contributed by atoms with Crippen LogP contribution in [0.5, 0.6) is 0 Å². The van der Waals surface area contributed by atoms with Crippen LogP contribution < -0.4 is 0 Å². The van der Waals surface area contributed by atoms with Gasteiger partial charge in [0.2, 0.25) is 0 Å². The van der Waals surface area contributed by atoms with Crippen LogP contribution in [0.25, 0.3) is 0 Å². The van der Waals surface area contributed by atoms with Crippen molar-refractivity contribution in [3.8, 4) is 0 Å². The van der Waals surface area contributed by atoms with Gasteiger partial charge in [-0.3, -0.25) is 9.59 Å². The van der Waals surface area contributed by atoms with Crippen molar-refractivity contribution in [1.29, 1.82) is 0 Å². The molecule has 9 nitrogen and oxygen atoms in total. The predicted molar refractivity (Wildman–Crippen MR) is 93.7 cm³/mol. The maximum atomic E-state index is 11.3. The van der Waals surface area contributed by atoms with Crippen LogP contribution in [0.1, 0.15) is 0 Å². The molecule has 148 valence electrons. The first kappa shape index (κ1) is 24.4. The average molecular weight is 402 g/mol. The summed E-state index contributed by atoms with van der Waals surface area (Å²) >= 11 is 7.55. The standard InChI is InChI=1S/C14H26O9S2/c15-3-13(4-16,5-17)7-21-8-14(6-18,9-22-11(19)1-24)10-23-12(20)2-25/h15-18,24-25H,1-10H2. The normalized spacial score (nSPS) is 12.1. The van der Waals surface area contributed by atoms with Crippen LogP contribution in [0.4, 0.5) is 0 Å². The number of aliphatic hydroxyl groups is 4. The Hall–Kier alpha value is -0.560. The van der Waals surface area contributed by atoms with Gasteiger partial charge in [-0.25, -0.2) is 0 Å². The Balaban J connectivity index is 4.95. The second kappa shape index (κ2) is 12.7. The molecule has 0 aromatic heterocycles. The quantitative estimate of drug-likeness (QED) is 0.142. The SMILES string of the molecule is O=C(CS)OCC(CO)(COCC(CO)(CO)CO)COC(=O)CS. The van der Waals surface area contributed by atoms with Crippen molar-refractivity contribution in [2.24, 2.45) is 10.8 Å². The Labute approximate surface area is 157 Å². The molecule has 0 unspecified atom stereocenters. The molecule has 0 radical (unpaired) electrons. The van der Waals surface area contributed by atoms with Crippen LogP contribution in [-0.4, -0.2) is 96.7 Å². The number of hydrogen-bond donors (Lipinski definition) is 6. The van der Waals surface area contributed by atoms with Gasteiger partial charge >= 0.3 is 11.9 Å². The van der Waals surface area contributed by atoms with Gasteiger partial charge in [-0.2, -0.15) is 25.3 Å². The minimum absolute atomic E-state index is 0.165. The molecule has 0 fully saturated rings. The molecule has 0 heterocycles. The fourth-order valence-corrected chi connectivity index (χ4v) is 1.77. The van der Waals surface area contributed by atoms with Crippen LogP contribution in [0.3, 0.4) is 0 Å². The van der Waals surface area contributed by atoms with Gasteiger partial charge in [-0.1, -0.05) is 0 Å². The zero-order chi connectivity index (χ0) is 19.3. The molecule has 0 bridgehead atoms. The first-order valence-electron chi connectivity index (χ1n) is 7.40. The molecule has 0 spiro atoms. The summed E-state index contributed by atoms with van der Waals surface area (Å²) in [4.78, 5) is 22.6. The third kappa shape index (κ3) is 8.58. The van der Waals surface area contributed by atoms with E-state index in [-0.39, 0.29) is 37.9 Å². The summed E-state index contributed by atoms with van der Waals surface area (Å²) in [5.41, 5.74) is -2.51. The maximum Gasteiger partial charge on any atom is 0.315 e. The Bertz CT molecular complexity index is 373. The van der Waals surface area contributed by atoms with E-state index in [4.69, 9.17) is 14.2 Å². The van der Waals surface area contributed by atoms with Crippen molar-refractivity contribution in [3.05, 3.63) is 0 Å². The van der Waals surface area contributed by atoms with E-state index in [2.05, 4.69) is 25.3 Å². The number of aliphatic hydroxyl groups excluding tert-OH is 4. The fraction of sp³-hybridized carbons (Fsp3) is 0.857. The van der Waals surface area contributed by atoms with E-state index in [0.29, 0.717) is 0 Å². The summed E-state index contributed by atoms with van der Waals surface area (Å²) in [5, 5.41) is 37.5. The van der Waals surface area contributed by atoms with Crippen LogP contribution in [0.2, 0.25) is 0 Å². The van der Waals surface area contributed by atoms with Gasteiger partial charge < -0.3 is 34.6 Å². The molecule has 0 aromatic rings. The Morgan fingerprint density at radius 3 is 1.36 bits per heavy atom. The summed E-state index contributed by atoms with van der Waals surface area (Å²) in [7, 11) is 0. The largest absolute Gasteiger partial charge is 0.464 e. The monoisotopic (exact) mass is 402 g/mol. The van der Waals surface area contributed by atoms with Gasteiger partial charge in [0.05, 0.1) is 62.0 Å². The van der Waals surface area contributed by atoms with Gasteiger partial charge in [0.25, 0.3) is 0 Å². The second-order valence-corrected chi connectivity index (χ2v) is 6.40. The molecule has 0 aliphatic heterocycles. The van der Waals surface area contributed by atoms with Crippen molar-refractivity contribution >= 4 is 37.2 Å². The average Bonchev–Trinajstić information content (AvgIpc) is 2.66. The number of hydrogen-bond acceptors (Lipinski definition) is 11. The molecule has 0 aliphatic rings. The minimum atomic E-state index is -1.26. The van der Waals surface area contributed by atoms with Crippen molar-refractivity contribution in [2.45, 2.75) is 0 Å². The van der Waals surface area contributed by atoms with E-state index < -0.39 is 49.2 Å². The highest BCUT2D eigenvalue weighted by molar-refractivity contribution is 7.81. The zero-order valence-electron chi connectivity index (χ0n) is 13.8. The molecule has 11 heteroatoms. The first-order chi connectivity index (χ1) is 11.9. The number of carbonyl (C=O) groups is 2. The van der Waals surface area contributed by atoms with Crippen LogP contribution in [0.15, 0.2) is 0 Å². The van der Waals surface area contributed by atoms with Crippen molar-refractivity contribution in [2.75, 3.05) is 64.4 Å². The molecule has 0 amide bonds. The third-order valence-corrected chi connectivity index (χ3v) is 4.01. The topological polar surface area (TPSA) is 143 Å². The summed E-state index contributed by atoms with van der Waals surface area (Å²) in [6.07, 6.45) is 0. The van der Waals surface area contributed by atoms with Gasteiger partial charge in [-0.05, 0) is 0 Å². The van der Waals surface area contributed by atoms with E-state index in [1.165, 1.54) is 0 Å². The number of esters is 2. The van der Waals surface area contributed by atoms with Gasteiger partial charge in [0, 0.05) is 0 Å². The predicted octanol–water partition coefficient (Wildman–Crippen LogP) is -2.11. The molecule has 4 N–H and O–H groups in total. The number of carbonyl (C=O) groups excluding carboxylic acids is 2. The van der Waals surface area contributed by atoms with Gasteiger partial charge in [0.1, 0.15) is 13.2 Å². The number of rotatable bonds is 14. The summed E-state index contributed by atoms with van der Waals surface area (Å²) in [6, 6.07) is 0. The van der Waals surface area contributed by atoms with Crippen molar-refractivity contribution in [3.63, 3.8) is 0 Å². The van der Waals surface area contributed by atoms with Crippen LogP contribution >= 0.6 is 25.3 Å². The van der Waals surface area contributed by atoms with Crippen LogP contribution in [-0.2, 0) is 23.8 Å². The molecular weight excluding hydrogens is 376 g/mol. The van der Waals surface area contributed by atoms with E-state index >= 15 is 0 Å². The number of thiol groups is 2. The minimum Gasteiger partial charge on any atom is -0.464 e. The smallest absolute Gasteiger partial charge is 0.315 e. The lowest BCUT2D eigenvalue weighted by atomic mass is 9.90. The molecule has 0 aliphatic carbocycles.